The smallest absolute Gasteiger partial charge is 0.193 e. The van der Waals surface area contributed by atoms with Gasteiger partial charge in [-0.05, 0) is 48.4 Å². The molecule has 0 spiro atoms. The summed E-state index contributed by atoms with van der Waals surface area (Å²) < 4.78 is 29.4. The number of hydrogen-bond donors (Lipinski definition) is 1. The molecule has 170 valence electrons. The zero-order valence-electron chi connectivity index (χ0n) is 18.1. The number of halogens is 2. The molecule has 2 aromatic carbocycles. The molecule has 0 aromatic heterocycles. The van der Waals surface area contributed by atoms with Crippen molar-refractivity contribution in [1.29, 1.82) is 0 Å². The van der Waals surface area contributed by atoms with Crippen LogP contribution in [0.5, 0.6) is 11.5 Å². The lowest BCUT2D eigenvalue weighted by atomic mass is 10.1. The quantitative estimate of drug-likeness (QED) is 0.221. The highest BCUT2D eigenvalue weighted by atomic mass is 127. The van der Waals surface area contributed by atoms with E-state index in [2.05, 4.69) is 15.2 Å². The number of likely N-dealkylation sites (tertiary alicyclic amines) is 1. The van der Waals surface area contributed by atoms with Crippen LogP contribution in [0.3, 0.4) is 0 Å². The summed E-state index contributed by atoms with van der Waals surface area (Å²) in [6.07, 6.45) is 1.10. The predicted molar refractivity (Wildman–Crippen MR) is 131 cm³/mol. The van der Waals surface area contributed by atoms with Crippen molar-refractivity contribution in [3.63, 3.8) is 0 Å². The first kappa shape index (κ1) is 25.4. The lowest BCUT2D eigenvalue weighted by Gasteiger charge is -2.22. The Bertz CT molecular complexity index is 803. The highest BCUT2D eigenvalue weighted by Gasteiger charge is 2.24. The van der Waals surface area contributed by atoms with Gasteiger partial charge in [0.1, 0.15) is 17.3 Å². The lowest BCUT2D eigenvalue weighted by molar-refractivity contribution is 0.0536. The van der Waals surface area contributed by atoms with Crippen molar-refractivity contribution in [2.45, 2.75) is 13.0 Å². The van der Waals surface area contributed by atoms with E-state index in [1.807, 2.05) is 31.3 Å². The van der Waals surface area contributed by atoms with E-state index in [-0.39, 0.29) is 29.8 Å². The molecule has 0 aliphatic carbocycles. The minimum Gasteiger partial charge on any atom is -0.457 e. The Hall–Kier alpha value is -1.91. The van der Waals surface area contributed by atoms with Crippen LogP contribution in [0, 0.1) is 11.7 Å². The van der Waals surface area contributed by atoms with E-state index in [4.69, 9.17) is 14.2 Å². The standard InChI is InChI=1S/C23H30FN3O3.HI/c1-25-23(27-12-11-19(16-27)17-29-14-13-28-2)26-15-18-3-7-21(8-4-18)30-22-9-5-20(24)6-10-22;/h3-10,19H,11-17H2,1-2H3,(H,25,26);1H. The van der Waals surface area contributed by atoms with Crippen LogP contribution in [0.4, 0.5) is 4.39 Å². The summed E-state index contributed by atoms with van der Waals surface area (Å²) in [5, 5.41) is 3.43. The largest absolute Gasteiger partial charge is 0.457 e. The second-order valence-electron chi connectivity index (χ2n) is 7.27. The third-order valence-corrected chi connectivity index (χ3v) is 5.01. The topological polar surface area (TPSA) is 55.3 Å². The van der Waals surface area contributed by atoms with Crippen LogP contribution in [-0.4, -0.2) is 57.9 Å². The van der Waals surface area contributed by atoms with E-state index in [0.717, 1.165) is 37.6 Å². The number of ether oxygens (including phenoxy) is 3. The normalized spacial score (nSPS) is 16.2. The van der Waals surface area contributed by atoms with Crippen LogP contribution in [0.1, 0.15) is 12.0 Å². The molecule has 31 heavy (non-hydrogen) atoms. The number of methoxy groups -OCH3 is 1. The molecular weight excluding hydrogens is 512 g/mol. The number of nitrogens with zero attached hydrogens (tertiary/aromatic N) is 2. The first-order valence-electron chi connectivity index (χ1n) is 10.2. The van der Waals surface area contributed by atoms with Crippen LogP contribution in [-0.2, 0) is 16.0 Å². The van der Waals surface area contributed by atoms with Gasteiger partial charge in [0.15, 0.2) is 5.96 Å². The Morgan fingerprint density at radius 1 is 1.10 bits per heavy atom. The van der Waals surface area contributed by atoms with E-state index in [0.29, 0.717) is 37.2 Å². The van der Waals surface area contributed by atoms with Crippen molar-refractivity contribution < 1.29 is 18.6 Å². The van der Waals surface area contributed by atoms with Crippen molar-refractivity contribution in [2.24, 2.45) is 10.9 Å². The van der Waals surface area contributed by atoms with Gasteiger partial charge in [-0.3, -0.25) is 4.99 Å². The highest BCUT2D eigenvalue weighted by molar-refractivity contribution is 14.0. The summed E-state index contributed by atoms with van der Waals surface area (Å²) in [6.45, 7) is 4.62. The van der Waals surface area contributed by atoms with Gasteiger partial charge < -0.3 is 24.4 Å². The van der Waals surface area contributed by atoms with Crippen molar-refractivity contribution in [3.8, 4) is 11.5 Å². The van der Waals surface area contributed by atoms with Gasteiger partial charge in [-0.15, -0.1) is 24.0 Å². The molecule has 3 rings (SSSR count). The second-order valence-corrected chi connectivity index (χ2v) is 7.27. The molecule has 1 aliphatic heterocycles. The average Bonchev–Trinajstić information content (AvgIpc) is 3.23. The Morgan fingerprint density at radius 3 is 2.42 bits per heavy atom. The van der Waals surface area contributed by atoms with Gasteiger partial charge in [-0.25, -0.2) is 4.39 Å². The predicted octanol–water partition coefficient (Wildman–Crippen LogP) is 4.30. The summed E-state index contributed by atoms with van der Waals surface area (Å²) in [5.74, 6) is 2.47. The monoisotopic (exact) mass is 543 g/mol. The first-order valence-corrected chi connectivity index (χ1v) is 10.2. The van der Waals surface area contributed by atoms with Crippen molar-refractivity contribution >= 4 is 29.9 Å². The molecular formula is C23H31FIN3O3. The molecule has 1 fully saturated rings. The molecule has 8 heteroatoms. The third kappa shape index (κ3) is 8.27. The number of rotatable bonds is 9. The van der Waals surface area contributed by atoms with E-state index in [1.165, 1.54) is 12.1 Å². The van der Waals surface area contributed by atoms with Gasteiger partial charge in [0, 0.05) is 39.7 Å². The van der Waals surface area contributed by atoms with Crippen LogP contribution in [0.2, 0.25) is 0 Å². The minimum atomic E-state index is -0.278. The number of hydrogen-bond acceptors (Lipinski definition) is 4. The fourth-order valence-electron chi connectivity index (χ4n) is 3.38. The summed E-state index contributed by atoms with van der Waals surface area (Å²) in [6, 6.07) is 13.8. The first-order chi connectivity index (χ1) is 14.7. The van der Waals surface area contributed by atoms with Gasteiger partial charge in [0.2, 0.25) is 0 Å². The maximum atomic E-state index is 13.0. The number of guanidine groups is 1. The fraction of sp³-hybridized carbons (Fsp3) is 0.435. The van der Waals surface area contributed by atoms with Gasteiger partial charge in [-0.1, -0.05) is 12.1 Å². The summed E-state index contributed by atoms with van der Waals surface area (Å²) in [7, 11) is 3.49. The van der Waals surface area contributed by atoms with Crippen LogP contribution in [0.15, 0.2) is 53.5 Å². The molecule has 1 saturated heterocycles. The molecule has 1 heterocycles. The maximum absolute atomic E-state index is 13.0. The van der Waals surface area contributed by atoms with E-state index >= 15 is 0 Å². The number of nitrogens with one attached hydrogen (secondary N) is 1. The molecule has 6 nitrogen and oxygen atoms in total. The van der Waals surface area contributed by atoms with E-state index in [1.54, 1.807) is 19.2 Å². The Balaban J connectivity index is 0.00000341. The molecule has 1 unspecified atom stereocenters. The molecule has 1 atom stereocenters. The van der Waals surface area contributed by atoms with Gasteiger partial charge in [0.05, 0.1) is 19.8 Å². The molecule has 0 amide bonds. The number of benzene rings is 2. The zero-order valence-corrected chi connectivity index (χ0v) is 20.4. The van der Waals surface area contributed by atoms with Crippen LogP contribution < -0.4 is 10.1 Å². The Morgan fingerprint density at radius 2 is 1.77 bits per heavy atom. The Labute approximate surface area is 200 Å². The fourth-order valence-corrected chi connectivity index (χ4v) is 3.38. The van der Waals surface area contributed by atoms with Crippen molar-refractivity contribution in [3.05, 3.63) is 59.9 Å². The molecule has 2 aromatic rings. The molecule has 1 aliphatic rings. The molecule has 0 bridgehead atoms. The summed E-state index contributed by atoms with van der Waals surface area (Å²) >= 11 is 0. The average molecular weight is 543 g/mol. The molecule has 0 saturated carbocycles. The maximum Gasteiger partial charge on any atom is 0.193 e. The van der Waals surface area contributed by atoms with Gasteiger partial charge >= 0.3 is 0 Å². The SMILES string of the molecule is CN=C(NCc1ccc(Oc2ccc(F)cc2)cc1)N1CCC(COCCOC)C1.I. The second kappa shape index (κ2) is 13.5. The van der Waals surface area contributed by atoms with E-state index in [9.17, 15) is 4.39 Å². The van der Waals surface area contributed by atoms with Crippen molar-refractivity contribution in [1.82, 2.24) is 10.2 Å². The van der Waals surface area contributed by atoms with Gasteiger partial charge in [-0.2, -0.15) is 0 Å². The zero-order chi connectivity index (χ0) is 21.2. The summed E-state index contributed by atoms with van der Waals surface area (Å²) in [5.41, 5.74) is 1.13. The summed E-state index contributed by atoms with van der Waals surface area (Å²) in [4.78, 5) is 6.70. The molecule has 0 radical (unpaired) electrons. The lowest BCUT2D eigenvalue weighted by Crippen LogP contribution is -2.39. The van der Waals surface area contributed by atoms with E-state index < -0.39 is 0 Å². The number of aliphatic imine (C=N–C) groups is 1. The molecule has 1 N–H and O–H groups in total. The minimum absolute atomic E-state index is 0. The highest BCUT2D eigenvalue weighted by Crippen LogP contribution is 2.22. The van der Waals surface area contributed by atoms with Crippen molar-refractivity contribution in [2.75, 3.05) is 47.1 Å². The van der Waals surface area contributed by atoms with Crippen LogP contribution in [0.25, 0.3) is 0 Å². The van der Waals surface area contributed by atoms with Crippen LogP contribution >= 0.6 is 24.0 Å². The van der Waals surface area contributed by atoms with Gasteiger partial charge in [0.25, 0.3) is 0 Å². The third-order valence-electron chi connectivity index (χ3n) is 5.01. The Kier molecular flexibility index (Phi) is 11.0.